The first kappa shape index (κ1) is 20.4. The van der Waals surface area contributed by atoms with Gasteiger partial charge in [-0.2, -0.15) is 0 Å². The molecule has 8 nitrogen and oxygen atoms in total. The van der Waals surface area contributed by atoms with Gasteiger partial charge in [0.2, 0.25) is 6.79 Å². The lowest BCUT2D eigenvalue weighted by molar-refractivity contribution is 0.173. The number of rotatable bonds is 9. The lowest BCUT2D eigenvalue weighted by Gasteiger charge is -2.13. The van der Waals surface area contributed by atoms with Crippen molar-refractivity contribution in [2.45, 2.75) is 6.42 Å². The van der Waals surface area contributed by atoms with E-state index in [4.69, 9.17) is 23.7 Å². The third-order valence-electron chi connectivity index (χ3n) is 4.38. The standard InChI is InChI=1S/C21H27N3O5/c1-22-21(23-9-8-15-4-6-17(25-2)19(12-15)26-3)24-10-11-27-16-5-7-18-20(13-16)29-14-28-18/h4-7,12-13H,8-11,14H2,1-3H3,(H2,22,23,24). The molecule has 0 bridgehead atoms. The zero-order chi connectivity index (χ0) is 20.5. The van der Waals surface area contributed by atoms with Crippen molar-refractivity contribution in [3.63, 3.8) is 0 Å². The number of methoxy groups -OCH3 is 2. The maximum atomic E-state index is 5.74. The minimum absolute atomic E-state index is 0.256. The number of hydrogen-bond donors (Lipinski definition) is 2. The van der Waals surface area contributed by atoms with Gasteiger partial charge in [0.15, 0.2) is 29.0 Å². The van der Waals surface area contributed by atoms with Crippen LogP contribution in [0.15, 0.2) is 41.4 Å². The Bertz CT molecular complexity index is 841. The van der Waals surface area contributed by atoms with Crippen molar-refractivity contribution in [1.82, 2.24) is 10.6 Å². The highest BCUT2D eigenvalue weighted by Gasteiger charge is 2.13. The first-order valence-corrected chi connectivity index (χ1v) is 9.41. The Morgan fingerprint density at radius 1 is 0.966 bits per heavy atom. The SMILES string of the molecule is CN=C(NCCOc1ccc2c(c1)OCO2)NCCc1ccc(OC)c(OC)c1. The summed E-state index contributed by atoms with van der Waals surface area (Å²) >= 11 is 0. The van der Waals surface area contributed by atoms with Gasteiger partial charge in [-0.1, -0.05) is 6.07 Å². The topological polar surface area (TPSA) is 82.6 Å². The summed E-state index contributed by atoms with van der Waals surface area (Å²) in [5, 5.41) is 6.52. The van der Waals surface area contributed by atoms with E-state index in [1.165, 1.54) is 0 Å². The predicted molar refractivity (Wildman–Crippen MR) is 111 cm³/mol. The summed E-state index contributed by atoms with van der Waals surface area (Å²) in [5.41, 5.74) is 1.15. The Morgan fingerprint density at radius 2 is 1.76 bits per heavy atom. The van der Waals surface area contributed by atoms with Gasteiger partial charge in [0.1, 0.15) is 12.4 Å². The number of nitrogens with one attached hydrogen (secondary N) is 2. The molecule has 2 aromatic rings. The van der Waals surface area contributed by atoms with Crippen LogP contribution in [-0.2, 0) is 6.42 Å². The van der Waals surface area contributed by atoms with E-state index in [0.717, 1.165) is 47.5 Å². The van der Waals surface area contributed by atoms with Crippen molar-refractivity contribution in [1.29, 1.82) is 0 Å². The van der Waals surface area contributed by atoms with Crippen LogP contribution >= 0.6 is 0 Å². The minimum atomic E-state index is 0.256. The van der Waals surface area contributed by atoms with Crippen molar-refractivity contribution in [3.8, 4) is 28.7 Å². The van der Waals surface area contributed by atoms with Crippen LogP contribution in [0.2, 0.25) is 0 Å². The summed E-state index contributed by atoms with van der Waals surface area (Å²) < 4.78 is 27.0. The fourth-order valence-corrected chi connectivity index (χ4v) is 2.89. The second-order valence-corrected chi connectivity index (χ2v) is 6.23. The van der Waals surface area contributed by atoms with Crippen LogP contribution in [-0.4, -0.2) is 53.7 Å². The molecule has 0 unspecified atom stereocenters. The van der Waals surface area contributed by atoms with Crippen LogP contribution in [0.25, 0.3) is 0 Å². The Morgan fingerprint density at radius 3 is 2.55 bits per heavy atom. The summed E-state index contributed by atoms with van der Waals surface area (Å²) in [6.07, 6.45) is 0.828. The zero-order valence-corrected chi connectivity index (χ0v) is 17.0. The van der Waals surface area contributed by atoms with E-state index in [2.05, 4.69) is 15.6 Å². The molecule has 3 rings (SSSR count). The average molecular weight is 401 g/mol. The Kier molecular flexibility index (Phi) is 7.27. The van der Waals surface area contributed by atoms with E-state index < -0.39 is 0 Å². The number of guanidine groups is 1. The number of aliphatic imine (C=N–C) groups is 1. The van der Waals surface area contributed by atoms with E-state index in [-0.39, 0.29) is 6.79 Å². The van der Waals surface area contributed by atoms with Gasteiger partial charge in [-0.25, -0.2) is 0 Å². The van der Waals surface area contributed by atoms with Crippen LogP contribution in [0.4, 0.5) is 0 Å². The zero-order valence-electron chi connectivity index (χ0n) is 17.0. The normalized spacial score (nSPS) is 12.4. The van der Waals surface area contributed by atoms with E-state index in [1.54, 1.807) is 21.3 Å². The molecule has 0 saturated heterocycles. The van der Waals surface area contributed by atoms with Gasteiger partial charge in [-0.05, 0) is 36.2 Å². The smallest absolute Gasteiger partial charge is 0.231 e. The molecule has 0 atom stereocenters. The molecule has 0 spiro atoms. The Labute approximate surface area is 170 Å². The molecule has 2 N–H and O–H groups in total. The molecule has 1 heterocycles. The molecule has 0 saturated carbocycles. The Balaban J connectivity index is 1.37. The van der Waals surface area contributed by atoms with E-state index in [1.807, 2.05) is 36.4 Å². The van der Waals surface area contributed by atoms with Gasteiger partial charge >= 0.3 is 0 Å². The van der Waals surface area contributed by atoms with Gasteiger partial charge in [0.25, 0.3) is 0 Å². The molecule has 0 aromatic heterocycles. The summed E-state index contributed by atoms with van der Waals surface area (Å²) in [4.78, 5) is 4.23. The van der Waals surface area contributed by atoms with Crippen LogP contribution in [0.3, 0.4) is 0 Å². The molecular weight excluding hydrogens is 374 g/mol. The summed E-state index contributed by atoms with van der Waals surface area (Å²) in [6.45, 7) is 2.10. The number of hydrogen-bond acceptors (Lipinski definition) is 6. The highest BCUT2D eigenvalue weighted by Crippen LogP contribution is 2.35. The molecule has 29 heavy (non-hydrogen) atoms. The van der Waals surface area contributed by atoms with Gasteiger partial charge < -0.3 is 34.3 Å². The number of nitrogens with zero attached hydrogens (tertiary/aromatic N) is 1. The number of fused-ring (bicyclic) bond motifs is 1. The number of benzene rings is 2. The molecule has 0 radical (unpaired) electrons. The third kappa shape index (κ3) is 5.60. The van der Waals surface area contributed by atoms with Crippen molar-refractivity contribution >= 4 is 5.96 Å². The van der Waals surface area contributed by atoms with Gasteiger partial charge in [0, 0.05) is 19.7 Å². The molecular formula is C21H27N3O5. The summed E-state index contributed by atoms with van der Waals surface area (Å²) in [5.74, 6) is 4.38. The lowest BCUT2D eigenvalue weighted by Crippen LogP contribution is -2.40. The molecule has 8 heteroatoms. The quantitative estimate of drug-likeness (QED) is 0.379. The summed E-state index contributed by atoms with van der Waals surface area (Å²) in [6, 6.07) is 11.5. The van der Waals surface area contributed by atoms with Crippen molar-refractivity contribution < 1.29 is 23.7 Å². The van der Waals surface area contributed by atoms with Gasteiger partial charge in [-0.15, -0.1) is 0 Å². The highest BCUT2D eigenvalue weighted by atomic mass is 16.7. The fraction of sp³-hybridized carbons (Fsp3) is 0.381. The van der Waals surface area contributed by atoms with Crippen LogP contribution in [0.5, 0.6) is 28.7 Å². The van der Waals surface area contributed by atoms with E-state index in [9.17, 15) is 0 Å². The third-order valence-corrected chi connectivity index (χ3v) is 4.38. The maximum Gasteiger partial charge on any atom is 0.231 e. The van der Waals surface area contributed by atoms with Crippen LogP contribution < -0.4 is 34.3 Å². The average Bonchev–Trinajstić information content (AvgIpc) is 3.23. The molecule has 0 aliphatic carbocycles. The lowest BCUT2D eigenvalue weighted by atomic mass is 10.1. The Hall–Kier alpha value is -3.29. The fourth-order valence-electron chi connectivity index (χ4n) is 2.89. The maximum absolute atomic E-state index is 5.74. The van der Waals surface area contributed by atoms with Crippen LogP contribution in [0.1, 0.15) is 5.56 Å². The van der Waals surface area contributed by atoms with Crippen molar-refractivity contribution in [3.05, 3.63) is 42.0 Å². The highest BCUT2D eigenvalue weighted by molar-refractivity contribution is 5.79. The first-order valence-electron chi connectivity index (χ1n) is 9.41. The van der Waals surface area contributed by atoms with E-state index >= 15 is 0 Å². The largest absolute Gasteiger partial charge is 0.493 e. The van der Waals surface area contributed by atoms with Crippen molar-refractivity contribution in [2.24, 2.45) is 4.99 Å². The minimum Gasteiger partial charge on any atom is -0.493 e. The van der Waals surface area contributed by atoms with Gasteiger partial charge in [0.05, 0.1) is 20.8 Å². The summed E-state index contributed by atoms with van der Waals surface area (Å²) in [7, 11) is 5.01. The van der Waals surface area contributed by atoms with Crippen molar-refractivity contribution in [2.75, 3.05) is 47.8 Å². The first-order chi connectivity index (χ1) is 14.2. The number of ether oxygens (including phenoxy) is 5. The molecule has 0 fully saturated rings. The second kappa shape index (κ2) is 10.3. The molecule has 1 aliphatic heterocycles. The monoisotopic (exact) mass is 401 g/mol. The van der Waals surface area contributed by atoms with E-state index in [0.29, 0.717) is 18.9 Å². The second-order valence-electron chi connectivity index (χ2n) is 6.23. The van der Waals surface area contributed by atoms with Crippen LogP contribution in [0, 0.1) is 0 Å². The molecule has 156 valence electrons. The molecule has 1 aliphatic rings. The predicted octanol–water partition coefficient (Wildman–Crippen LogP) is 2.22. The van der Waals surface area contributed by atoms with Gasteiger partial charge in [-0.3, -0.25) is 4.99 Å². The molecule has 0 amide bonds. The molecule has 2 aromatic carbocycles.